The molecule has 2 aromatic rings. The molecule has 1 amide bonds. The monoisotopic (exact) mass is 348 g/mol. The first-order chi connectivity index (χ1) is 9.99. The number of carbonyl (C=O) groups is 1. The number of hydrogen-bond acceptors (Lipinski definition) is 3. The third kappa shape index (κ3) is 3.66. The van der Waals surface area contributed by atoms with Crippen LogP contribution in [0.2, 0.25) is 0 Å². The van der Waals surface area contributed by atoms with Crippen LogP contribution in [0.4, 0.5) is 5.69 Å². The molecule has 0 aromatic heterocycles. The number of hydrogen-bond donors (Lipinski definition) is 0. The van der Waals surface area contributed by atoms with Crippen molar-refractivity contribution < 1.29 is 9.72 Å². The fourth-order valence-electron chi connectivity index (χ4n) is 1.90. The van der Waals surface area contributed by atoms with Crippen LogP contribution in [0.5, 0.6) is 0 Å². The lowest BCUT2D eigenvalue weighted by Crippen LogP contribution is -2.26. The number of non-ortho nitro benzene ring substituents is 1. The van der Waals surface area contributed by atoms with Crippen LogP contribution in [0, 0.1) is 10.1 Å². The van der Waals surface area contributed by atoms with Crippen LogP contribution in [0.1, 0.15) is 15.9 Å². The van der Waals surface area contributed by atoms with Gasteiger partial charge in [-0.25, -0.2) is 0 Å². The first kappa shape index (κ1) is 15.2. The molecule has 0 radical (unpaired) electrons. The van der Waals surface area contributed by atoms with Crippen molar-refractivity contribution in [2.75, 3.05) is 7.05 Å². The van der Waals surface area contributed by atoms with Crippen molar-refractivity contribution in [2.45, 2.75) is 6.54 Å². The maximum atomic E-state index is 12.3. The van der Waals surface area contributed by atoms with Crippen LogP contribution in [0.25, 0.3) is 0 Å². The summed E-state index contributed by atoms with van der Waals surface area (Å²) in [5.41, 5.74) is 1.39. The van der Waals surface area contributed by atoms with E-state index in [2.05, 4.69) is 15.9 Å². The Balaban J connectivity index is 2.12. The quantitative estimate of drug-likeness (QED) is 0.625. The molecule has 5 nitrogen and oxygen atoms in total. The summed E-state index contributed by atoms with van der Waals surface area (Å²) in [5.74, 6) is -0.180. The number of amides is 1. The van der Waals surface area contributed by atoms with Gasteiger partial charge in [-0.2, -0.15) is 0 Å². The highest BCUT2D eigenvalue weighted by Gasteiger charge is 2.14. The van der Waals surface area contributed by atoms with Gasteiger partial charge in [0.2, 0.25) is 0 Å². The number of benzene rings is 2. The van der Waals surface area contributed by atoms with E-state index in [9.17, 15) is 14.9 Å². The number of halogens is 1. The molecule has 2 aromatic carbocycles. The van der Waals surface area contributed by atoms with Crippen molar-refractivity contribution in [3.63, 3.8) is 0 Å². The van der Waals surface area contributed by atoms with Crippen LogP contribution in [0.15, 0.2) is 53.0 Å². The molecular weight excluding hydrogens is 336 g/mol. The van der Waals surface area contributed by atoms with Crippen LogP contribution in [-0.4, -0.2) is 22.8 Å². The average Bonchev–Trinajstić information content (AvgIpc) is 2.49. The predicted molar refractivity (Wildman–Crippen MR) is 83.0 cm³/mol. The molecule has 0 N–H and O–H groups in total. The lowest BCUT2D eigenvalue weighted by atomic mass is 10.1. The summed E-state index contributed by atoms with van der Waals surface area (Å²) in [4.78, 5) is 24.0. The van der Waals surface area contributed by atoms with Gasteiger partial charge < -0.3 is 4.90 Å². The molecule has 21 heavy (non-hydrogen) atoms. The van der Waals surface area contributed by atoms with Crippen LogP contribution < -0.4 is 0 Å². The molecule has 0 atom stereocenters. The minimum absolute atomic E-state index is 0.0278. The number of rotatable bonds is 4. The van der Waals surface area contributed by atoms with Gasteiger partial charge in [0.15, 0.2) is 0 Å². The van der Waals surface area contributed by atoms with Crippen molar-refractivity contribution >= 4 is 27.5 Å². The summed E-state index contributed by atoms with van der Waals surface area (Å²) in [6.07, 6.45) is 0. The molecule has 0 aliphatic heterocycles. The van der Waals surface area contributed by atoms with Gasteiger partial charge in [-0.3, -0.25) is 14.9 Å². The van der Waals surface area contributed by atoms with Crippen molar-refractivity contribution in [3.05, 3.63) is 74.2 Å². The zero-order valence-electron chi connectivity index (χ0n) is 11.3. The number of carbonyl (C=O) groups excluding carboxylic acids is 1. The normalized spacial score (nSPS) is 10.2. The maximum Gasteiger partial charge on any atom is 0.269 e. The van der Waals surface area contributed by atoms with Crippen LogP contribution in [-0.2, 0) is 6.54 Å². The summed E-state index contributed by atoms with van der Waals surface area (Å²) < 4.78 is 0.938. The number of nitrogens with zero attached hydrogens (tertiary/aromatic N) is 2. The van der Waals surface area contributed by atoms with Crippen LogP contribution >= 0.6 is 15.9 Å². The maximum absolute atomic E-state index is 12.3. The summed E-state index contributed by atoms with van der Waals surface area (Å²) in [6, 6.07) is 13.3. The van der Waals surface area contributed by atoms with Gasteiger partial charge in [-0.15, -0.1) is 0 Å². The Labute approximate surface area is 130 Å². The molecule has 0 heterocycles. The highest BCUT2D eigenvalue weighted by Crippen LogP contribution is 2.19. The topological polar surface area (TPSA) is 63.5 Å². The largest absolute Gasteiger partial charge is 0.337 e. The Hall–Kier alpha value is -2.21. The first-order valence-corrected chi connectivity index (χ1v) is 7.01. The highest BCUT2D eigenvalue weighted by molar-refractivity contribution is 9.10. The average molecular weight is 349 g/mol. The van der Waals surface area contributed by atoms with E-state index in [0.717, 1.165) is 10.0 Å². The third-order valence-electron chi connectivity index (χ3n) is 3.04. The van der Waals surface area contributed by atoms with E-state index in [1.54, 1.807) is 11.9 Å². The van der Waals surface area contributed by atoms with Crippen molar-refractivity contribution in [1.29, 1.82) is 0 Å². The first-order valence-electron chi connectivity index (χ1n) is 6.22. The van der Waals surface area contributed by atoms with E-state index < -0.39 is 4.92 Å². The molecule has 2 rings (SSSR count). The van der Waals surface area contributed by atoms with Gasteiger partial charge in [0.25, 0.3) is 11.6 Å². The molecule has 6 heteroatoms. The summed E-state index contributed by atoms with van der Waals surface area (Å²) in [5, 5.41) is 10.6. The SMILES string of the molecule is CN(Cc1ccccc1Br)C(=O)c1ccc([N+](=O)[O-])cc1. The van der Waals surface area contributed by atoms with Crippen LogP contribution in [0.3, 0.4) is 0 Å². The second-order valence-corrected chi connectivity index (χ2v) is 5.41. The Morgan fingerprint density at radius 1 is 1.19 bits per heavy atom. The van der Waals surface area contributed by atoms with E-state index >= 15 is 0 Å². The smallest absolute Gasteiger partial charge is 0.269 e. The van der Waals surface area contributed by atoms with E-state index in [4.69, 9.17) is 0 Å². The molecule has 108 valence electrons. The fraction of sp³-hybridized carbons (Fsp3) is 0.133. The molecule has 0 bridgehead atoms. The Morgan fingerprint density at radius 3 is 2.38 bits per heavy atom. The van der Waals surface area contributed by atoms with E-state index in [1.807, 2.05) is 24.3 Å². The molecule has 0 saturated carbocycles. The van der Waals surface area contributed by atoms with E-state index in [0.29, 0.717) is 12.1 Å². The minimum Gasteiger partial charge on any atom is -0.337 e. The molecule has 0 spiro atoms. The van der Waals surface area contributed by atoms with Gasteiger partial charge in [0.05, 0.1) is 4.92 Å². The van der Waals surface area contributed by atoms with Gasteiger partial charge in [-0.05, 0) is 23.8 Å². The molecular formula is C15H13BrN2O3. The standard InChI is InChI=1S/C15H13BrN2O3/c1-17(10-12-4-2-3-5-14(12)16)15(19)11-6-8-13(9-7-11)18(20)21/h2-9H,10H2,1H3. The predicted octanol–water partition coefficient (Wildman–Crippen LogP) is 3.63. The highest BCUT2D eigenvalue weighted by atomic mass is 79.9. The minimum atomic E-state index is -0.487. The van der Waals surface area contributed by atoms with Crippen molar-refractivity contribution in [2.24, 2.45) is 0 Å². The second kappa shape index (κ2) is 6.49. The molecule has 0 aliphatic rings. The summed E-state index contributed by atoms with van der Waals surface area (Å²) >= 11 is 3.44. The zero-order valence-corrected chi connectivity index (χ0v) is 12.9. The molecule has 0 saturated heterocycles. The number of nitro benzene ring substituents is 1. The van der Waals surface area contributed by atoms with Crippen molar-refractivity contribution in [3.8, 4) is 0 Å². The Bertz CT molecular complexity index is 671. The Kier molecular flexibility index (Phi) is 4.70. The van der Waals surface area contributed by atoms with Gasteiger partial charge >= 0.3 is 0 Å². The zero-order chi connectivity index (χ0) is 15.4. The van der Waals surface area contributed by atoms with Gasteiger partial charge in [0.1, 0.15) is 0 Å². The van der Waals surface area contributed by atoms with Gasteiger partial charge in [0, 0.05) is 35.8 Å². The Morgan fingerprint density at radius 2 is 1.81 bits per heavy atom. The van der Waals surface area contributed by atoms with E-state index in [1.165, 1.54) is 24.3 Å². The van der Waals surface area contributed by atoms with Crippen molar-refractivity contribution in [1.82, 2.24) is 4.90 Å². The third-order valence-corrected chi connectivity index (χ3v) is 3.81. The second-order valence-electron chi connectivity index (χ2n) is 4.56. The molecule has 0 aliphatic carbocycles. The summed E-state index contributed by atoms with van der Waals surface area (Å²) in [7, 11) is 1.70. The fourth-order valence-corrected chi connectivity index (χ4v) is 2.31. The number of nitro groups is 1. The van der Waals surface area contributed by atoms with Gasteiger partial charge in [-0.1, -0.05) is 34.1 Å². The van der Waals surface area contributed by atoms with E-state index in [-0.39, 0.29) is 11.6 Å². The molecule has 0 unspecified atom stereocenters. The molecule has 0 fully saturated rings. The lowest BCUT2D eigenvalue weighted by Gasteiger charge is -2.18. The summed E-state index contributed by atoms with van der Waals surface area (Å²) in [6.45, 7) is 0.456. The lowest BCUT2D eigenvalue weighted by molar-refractivity contribution is -0.384.